The molecule has 0 bridgehead atoms. The highest BCUT2D eigenvalue weighted by molar-refractivity contribution is 7.95. The Balaban J connectivity index is 1.74. The summed E-state index contributed by atoms with van der Waals surface area (Å²) in [5.74, 6) is -1.87. The maximum absolute atomic E-state index is 13.6. The molecule has 0 atom stereocenters. The number of nitrogens with zero attached hydrogens (tertiary/aromatic N) is 3. The Labute approximate surface area is 239 Å². The predicted molar refractivity (Wildman–Crippen MR) is 145 cm³/mol. The van der Waals surface area contributed by atoms with Crippen LogP contribution in [0.15, 0.2) is 36.5 Å². The molecule has 40 heavy (non-hydrogen) atoms. The third-order valence-electron chi connectivity index (χ3n) is 7.75. The lowest BCUT2D eigenvalue weighted by Crippen LogP contribution is -2.69. The van der Waals surface area contributed by atoms with Gasteiger partial charge in [-0.2, -0.15) is 18.3 Å². The van der Waals surface area contributed by atoms with E-state index in [9.17, 15) is 31.2 Å². The number of alkyl halides is 3. The lowest BCUT2D eigenvalue weighted by atomic mass is 9.77. The van der Waals surface area contributed by atoms with Gasteiger partial charge < -0.3 is 0 Å². The van der Waals surface area contributed by atoms with Crippen LogP contribution in [0.5, 0.6) is 0 Å². The predicted octanol–water partition coefficient (Wildman–Crippen LogP) is 6.50. The van der Waals surface area contributed by atoms with Gasteiger partial charge >= 0.3 is 6.18 Å². The minimum atomic E-state index is -4.85. The van der Waals surface area contributed by atoms with Gasteiger partial charge in [0.2, 0.25) is 0 Å². The first-order valence-electron chi connectivity index (χ1n) is 12.2. The van der Waals surface area contributed by atoms with Gasteiger partial charge in [-0.3, -0.25) is 9.59 Å². The SMILES string of the molecule is Cc1cc(Cl)cc(C(=O)CC2C(C)(C)S(=O)(=O)C2(C)C)c1CC(=O)c1cc(C(F)(F)F)nn1-c1ncccc1Cl. The molecule has 0 spiro atoms. The van der Waals surface area contributed by atoms with Crippen LogP contribution in [0, 0.1) is 12.8 Å². The topological polar surface area (TPSA) is 99.0 Å². The Hall–Kier alpha value is -2.76. The minimum absolute atomic E-state index is 0.0207. The molecular weight excluding hydrogens is 590 g/mol. The zero-order chi connectivity index (χ0) is 30.0. The van der Waals surface area contributed by atoms with Crippen molar-refractivity contribution in [2.75, 3.05) is 0 Å². The molecule has 214 valence electrons. The number of benzene rings is 1. The fraction of sp³-hybridized carbons (Fsp3) is 0.407. The van der Waals surface area contributed by atoms with Gasteiger partial charge in [0.25, 0.3) is 0 Å². The van der Waals surface area contributed by atoms with Gasteiger partial charge in [-0.1, -0.05) is 23.2 Å². The Morgan fingerprint density at radius 2 is 1.68 bits per heavy atom. The third-order valence-corrected chi connectivity index (χ3v) is 11.6. The Morgan fingerprint density at radius 1 is 1.05 bits per heavy atom. The number of aryl methyl sites for hydroxylation is 1. The van der Waals surface area contributed by atoms with E-state index < -0.39 is 60.8 Å². The molecule has 0 saturated carbocycles. The second-order valence-corrected chi connectivity index (χ2v) is 14.8. The van der Waals surface area contributed by atoms with E-state index in [2.05, 4.69) is 10.1 Å². The van der Waals surface area contributed by atoms with Gasteiger partial charge in [0.05, 0.1) is 14.5 Å². The molecule has 13 heteroatoms. The number of rotatable bonds is 7. The zero-order valence-corrected chi connectivity index (χ0v) is 24.6. The number of aromatic nitrogens is 3. The second-order valence-electron chi connectivity index (χ2n) is 10.9. The molecule has 3 heterocycles. The number of sulfone groups is 1. The van der Waals surface area contributed by atoms with Crippen LogP contribution in [0.2, 0.25) is 10.0 Å². The normalized spacial score (nSPS) is 17.9. The van der Waals surface area contributed by atoms with Crippen LogP contribution in [0.1, 0.15) is 71.8 Å². The molecule has 3 aromatic rings. The van der Waals surface area contributed by atoms with Crippen LogP contribution in [0.3, 0.4) is 0 Å². The third kappa shape index (κ3) is 4.86. The quantitative estimate of drug-likeness (QED) is 0.281. The Bertz CT molecular complexity index is 1620. The smallest absolute Gasteiger partial charge is 0.294 e. The molecule has 2 aromatic heterocycles. The molecule has 1 aliphatic rings. The van der Waals surface area contributed by atoms with Gasteiger partial charge in [-0.15, -0.1) is 0 Å². The summed E-state index contributed by atoms with van der Waals surface area (Å²) in [5.41, 5.74) is -0.884. The van der Waals surface area contributed by atoms with Gasteiger partial charge in [-0.25, -0.2) is 18.1 Å². The van der Waals surface area contributed by atoms with Gasteiger partial charge in [0.1, 0.15) is 5.69 Å². The number of carbonyl (C=O) groups excluding carboxylic acids is 2. The minimum Gasteiger partial charge on any atom is -0.294 e. The van der Waals surface area contributed by atoms with Crippen LogP contribution < -0.4 is 0 Å². The van der Waals surface area contributed by atoms with E-state index in [1.54, 1.807) is 34.6 Å². The van der Waals surface area contributed by atoms with Crippen molar-refractivity contribution in [3.63, 3.8) is 0 Å². The van der Waals surface area contributed by atoms with Crippen LogP contribution in [0.25, 0.3) is 5.82 Å². The molecule has 0 aliphatic carbocycles. The first kappa shape index (κ1) is 30.2. The van der Waals surface area contributed by atoms with Crippen LogP contribution in [0.4, 0.5) is 13.2 Å². The van der Waals surface area contributed by atoms with Gasteiger partial charge in [0.15, 0.2) is 32.9 Å². The average Bonchev–Trinajstić information content (AvgIpc) is 3.29. The maximum atomic E-state index is 13.6. The molecular formula is C27H26Cl2F3N3O4S. The van der Waals surface area contributed by atoms with Crippen molar-refractivity contribution in [2.45, 2.75) is 63.1 Å². The first-order valence-corrected chi connectivity index (χ1v) is 14.4. The molecule has 1 aromatic carbocycles. The maximum Gasteiger partial charge on any atom is 0.435 e. The summed E-state index contributed by atoms with van der Waals surface area (Å²) in [7, 11) is -3.49. The summed E-state index contributed by atoms with van der Waals surface area (Å²) in [6, 6.07) is 6.42. The Kier molecular flexibility index (Phi) is 7.52. The molecule has 4 rings (SSSR count). The van der Waals surface area contributed by atoms with E-state index in [-0.39, 0.29) is 33.4 Å². The number of hydrogen-bond donors (Lipinski definition) is 0. The standard InChI is InChI=1S/C27H26Cl2F3N3O4S/c1-14-9-15(28)10-17(20(36)13-22-25(2,3)40(38,39)26(22,4)5)16(14)11-21(37)19-12-23(27(30,31)32)34-35(19)24-18(29)7-6-8-33-24/h6-10,12,22H,11,13H2,1-5H3. The fourth-order valence-corrected chi connectivity index (χ4v) is 8.69. The lowest BCUT2D eigenvalue weighted by Gasteiger charge is -2.56. The largest absolute Gasteiger partial charge is 0.435 e. The van der Waals surface area contributed by atoms with Crippen LogP contribution in [-0.4, -0.2) is 44.2 Å². The summed E-state index contributed by atoms with van der Waals surface area (Å²) in [6.07, 6.45) is -4.12. The number of halogens is 5. The van der Waals surface area contributed by atoms with E-state index in [4.69, 9.17) is 23.2 Å². The molecule has 7 nitrogen and oxygen atoms in total. The molecule has 1 saturated heterocycles. The van der Waals surface area contributed by atoms with Crippen molar-refractivity contribution in [1.29, 1.82) is 0 Å². The highest BCUT2D eigenvalue weighted by Crippen LogP contribution is 2.55. The van der Waals surface area contributed by atoms with Crippen molar-refractivity contribution in [3.05, 3.63) is 74.7 Å². The first-order chi connectivity index (χ1) is 18.3. The summed E-state index contributed by atoms with van der Waals surface area (Å²) >= 11 is 12.4. The number of carbonyl (C=O) groups is 2. The van der Waals surface area contributed by atoms with Gasteiger partial charge in [0, 0.05) is 41.6 Å². The van der Waals surface area contributed by atoms with E-state index in [0.717, 1.165) is 4.68 Å². The van der Waals surface area contributed by atoms with E-state index in [1.807, 2.05) is 0 Å². The van der Waals surface area contributed by atoms with Crippen LogP contribution >= 0.6 is 23.2 Å². The van der Waals surface area contributed by atoms with E-state index in [0.29, 0.717) is 11.6 Å². The summed E-state index contributed by atoms with van der Waals surface area (Å²) in [4.78, 5) is 31.1. The van der Waals surface area contributed by atoms with Crippen molar-refractivity contribution in [1.82, 2.24) is 14.8 Å². The summed E-state index contributed by atoms with van der Waals surface area (Å²) in [6.45, 7) is 7.91. The fourth-order valence-electron chi connectivity index (χ4n) is 5.54. The zero-order valence-electron chi connectivity index (χ0n) is 22.2. The van der Waals surface area contributed by atoms with Crippen molar-refractivity contribution < 1.29 is 31.2 Å². The molecule has 0 amide bonds. The number of pyridine rings is 1. The molecule has 0 radical (unpaired) electrons. The molecule has 0 N–H and O–H groups in total. The van der Waals surface area contributed by atoms with E-state index >= 15 is 0 Å². The summed E-state index contributed by atoms with van der Waals surface area (Å²) < 4.78 is 64.7. The average molecular weight is 616 g/mol. The number of ketones is 2. The highest BCUT2D eigenvalue weighted by Gasteiger charge is 2.67. The van der Waals surface area contributed by atoms with Crippen molar-refractivity contribution in [3.8, 4) is 5.82 Å². The number of Topliss-reactive ketones (excluding diaryl/α,β-unsaturated/α-hetero) is 2. The van der Waals surface area contributed by atoms with Crippen molar-refractivity contribution in [2.24, 2.45) is 5.92 Å². The molecule has 0 unspecified atom stereocenters. The highest BCUT2D eigenvalue weighted by atomic mass is 35.5. The second kappa shape index (κ2) is 9.95. The lowest BCUT2D eigenvalue weighted by molar-refractivity contribution is -0.141. The van der Waals surface area contributed by atoms with Gasteiger partial charge in [-0.05, 0) is 70.0 Å². The number of hydrogen-bond acceptors (Lipinski definition) is 6. The summed E-state index contributed by atoms with van der Waals surface area (Å²) in [5, 5.41) is 3.75. The van der Waals surface area contributed by atoms with E-state index in [1.165, 1.54) is 30.5 Å². The molecule has 1 aliphatic heterocycles. The molecule has 1 fully saturated rings. The monoisotopic (exact) mass is 615 g/mol. The van der Waals surface area contributed by atoms with Crippen molar-refractivity contribution >= 4 is 44.6 Å². The Morgan fingerprint density at radius 3 is 2.25 bits per heavy atom. The van der Waals surface area contributed by atoms with Crippen LogP contribution in [-0.2, 0) is 22.4 Å².